The summed E-state index contributed by atoms with van der Waals surface area (Å²) in [6.45, 7) is 4.11. The number of rotatable bonds is 4. The van der Waals surface area contributed by atoms with Gasteiger partial charge in [0, 0.05) is 41.7 Å². The summed E-state index contributed by atoms with van der Waals surface area (Å²) in [6, 6.07) is 12.8. The van der Waals surface area contributed by atoms with Gasteiger partial charge in [0.25, 0.3) is 0 Å². The molecule has 1 aliphatic heterocycles. The van der Waals surface area contributed by atoms with Gasteiger partial charge in [-0.1, -0.05) is 43.6 Å². The van der Waals surface area contributed by atoms with Crippen molar-refractivity contribution in [3.05, 3.63) is 64.3 Å². The van der Waals surface area contributed by atoms with Crippen LogP contribution in [0.3, 0.4) is 0 Å². The van der Waals surface area contributed by atoms with Gasteiger partial charge in [0.2, 0.25) is 5.91 Å². The fourth-order valence-corrected chi connectivity index (χ4v) is 4.92. The van der Waals surface area contributed by atoms with Crippen LogP contribution in [-0.2, 0) is 9.59 Å². The van der Waals surface area contributed by atoms with Crippen LogP contribution in [0.1, 0.15) is 44.6 Å². The molecule has 2 aromatic carbocycles. The van der Waals surface area contributed by atoms with E-state index in [4.69, 9.17) is 21.1 Å². The molecule has 0 aromatic heterocycles. The number of carbonyl (C=O) groups is 2. The summed E-state index contributed by atoms with van der Waals surface area (Å²) in [5.41, 5.74) is 2.61. The van der Waals surface area contributed by atoms with Gasteiger partial charge in [-0.25, -0.2) is 0 Å². The largest absolute Gasteiger partial charge is 0.497 e. The Labute approximate surface area is 187 Å². The Kier molecular flexibility index (Phi) is 5.56. The number of methoxy groups -OCH3 is 2. The maximum absolute atomic E-state index is 13.5. The van der Waals surface area contributed by atoms with Crippen LogP contribution in [0.5, 0.6) is 11.5 Å². The summed E-state index contributed by atoms with van der Waals surface area (Å²) in [5, 5.41) is 0.485. The van der Waals surface area contributed by atoms with Gasteiger partial charge in [-0.05, 0) is 30.0 Å². The molecular formula is C25H26ClNO4. The molecule has 0 bridgehead atoms. The van der Waals surface area contributed by atoms with Crippen LogP contribution in [0, 0.1) is 5.41 Å². The van der Waals surface area contributed by atoms with Gasteiger partial charge in [0.1, 0.15) is 11.5 Å². The number of hydrogen-bond donors (Lipinski definition) is 0. The Bertz CT molecular complexity index is 1090. The highest BCUT2D eigenvalue weighted by Gasteiger charge is 2.45. The Morgan fingerprint density at radius 2 is 1.77 bits per heavy atom. The lowest BCUT2D eigenvalue weighted by molar-refractivity contribution is -0.121. The third-order valence-electron chi connectivity index (χ3n) is 6.05. The van der Waals surface area contributed by atoms with Crippen LogP contribution in [0.2, 0.25) is 5.02 Å². The minimum absolute atomic E-state index is 0.0682. The van der Waals surface area contributed by atoms with Crippen molar-refractivity contribution < 1.29 is 19.1 Å². The van der Waals surface area contributed by atoms with Gasteiger partial charge >= 0.3 is 0 Å². The second kappa shape index (κ2) is 8.04. The van der Waals surface area contributed by atoms with Crippen molar-refractivity contribution in [1.82, 2.24) is 0 Å². The summed E-state index contributed by atoms with van der Waals surface area (Å²) < 4.78 is 10.9. The molecule has 0 N–H and O–H groups in total. The molecule has 162 valence electrons. The van der Waals surface area contributed by atoms with Crippen LogP contribution < -0.4 is 14.4 Å². The molecule has 2 aromatic rings. The van der Waals surface area contributed by atoms with E-state index in [0.717, 1.165) is 11.3 Å². The quantitative estimate of drug-likeness (QED) is 0.629. The summed E-state index contributed by atoms with van der Waals surface area (Å²) in [4.78, 5) is 28.6. The maximum atomic E-state index is 13.5. The number of hydrogen-bond acceptors (Lipinski definition) is 4. The third kappa shape index (κ3) is 3.83. The molecule has 5 nitrogen and oxygen atoms in total. The first-order chi connectivity index (χ1) is 14.8. The Balaban J connectivity index is 1.93. The third-order valence-corrected chi connectivity index (χ3v) is 6.37. The summed E-state index contributed by atoms with van der Waals surface area (Å²) in [6.07, 6.45) is 1.21. The van der Waals surface area contributed by atoms with E-state index in [1.165, 1.54) is 0 Å². The number of Topliss-reactive ketones (excluding diaryl/α,β-unsaturated/α-hetero) is 1. The van der Waals surface area contributed by atoms with E-state index in [9.17, 15) is 9.59 Å². The number of carbonyl (C=O) groups excluding carboxylic acids is 2. The average molecular weight is 440 g/mol. The van der Waals surface area contributed by atoms with Crippen molar-refractivity contribution in [2.24, 2.45) is 5.41 Å². The number of halogens is 1. The van der Waals surface area contributed by atoms with Crippen molar-refractivity contribution in [3.8, 4) is 11.5 Å². The maximum Gasteiger partial charge on any atom is 0.232 e. The second-order valence-corrected chi connectivity index (χ2v) is 9.25. The highest BCUT2D eigenvalue weighted by Crippen LogP contribution is 2.50. The summed E-state index contributed by atoms with van der Waals surface area (Å²) in [7, 11) is 3.17. The molecular weight excluding hydrogens is 414 g/mol. The zero-order valence-electron chi connectivity index (χ0n) is 18.2. The number of anilines is 1. The molecule has 6 heteroatoms. The fourth-order valence-electron chi connectivity index (χ4n) is 4.70. The zero-order chi connectivity index (χ0) is 22.3. The lowest BCUT2D eigenvalue weighted by atomic mass is 9.69. The number of amides is 1. The second-order valence-electron chi connectivity index (χ2n) is 8.85. The monoisotopic (exact) mass is 439 g/mol. The highest BCUT2D eigenvalue weighted by molar-refractivity contribution is 6.34. The smallest absolute Gasteiger partial charge is 0.232 e. The standard InChI is InChI=1S/C25H26ClNO4/c1-25(2)13-20-24(21(28)14-25)17(16-10-9-15(30-3)11-22(16)31-4)12-23(29)27(20)19-8-6-5-7-18(19)26/h5-11,17H,12-14H2,1-4H3/t17-/m0/s1. The van der Waals surface area contributed by atoms with Crippen molar-refractivity contribution in [1.29, 1.82) is 0 Å². The van der Waals surface area contributed by atoms with E-state index in [1.54, 1.807) is 31.3 Å². The molecule has 1 atom stereocenters. The van der Waals surface area contributed by atoms with Gasteiger partial charge in [-0.2, -0.15) is 0 Å². The van der Waals surface area contributed by atoms with Gasteiger partial charge in [0.05, 0.1) is 24.9 Å². The first-order valence-corrected chi connectivity index (χ1v) is 10.7. The molecule has 0 unspecified atom stereocenters. The molecule has 0 saturated heterocycles. The van der Waals surface area contributed by atoms with Crippen LogP contribution >= 0.6 is 11.6 Å². The lowest BCUT2D eigenvalue weighted by Gasteiger charge is -2.43. The molecule has 0 radical (unpaired) electrons. The van der Waals surface area contributed by atoms with E-state index in [2.05, 4.69) is 13.8 Å². The summed E-state index contributed by atoms with van der Waals surface area (Å²) >= 11 is 6.46. The van der Waals surface area contributed by atoms with Gasteiger partial charge < -0.3 is 9.47 Å². The van der Waals surface area contributed by atoms with Gasteiger partial charge in [-0.3, -0.25) is 14.5 Å². The van der Waals surface area contributed by atoms with E-state index in [-0.39, 0.29) is 29.4 Å². The molecule has 1 aliphatic carbocycles. The molecule has 0 saturated carbocycles. The number of para-hydroxylation sites is 1. The van der Waals surface area contributed by atoms with Crippen LogP contribution in [0.25, 0.3) is 0 Å². The van der Waals surface area contributed by atoms with Gasteiger partial charge in [0.15, 0.2) is 5.78 Å². The number of allylic oxidation sites excluding steroid dienone is 2. The van der Waals surface area contributed by atoms with Crippen LogP contribution in [0.15, 0.2) is 53.7 Å². The first-order valence-electron chi connectivity index (χ1n) is 10.3. The minimum Gasteiger partial charge on any atom is -0.497 e. The molecule has 1 amide bonds. The van der Waals surface area contributed by atoms with E-state index >= 15 is 0 Å². The van der Waals surface area contributed by atoms with E-state index < -0.39 is 0 Å². The predicted molar refractivity (Wildman–Crippen MR) is 121 cm³/mol. The number of ketones is 1. The van der Waals surface area contributed by atoms with Crippen molar-refractivity contribution >= 4 is 29.0 Å². The first kappa shape index (κ1) is 21.4. The SMILES string of the molecule is COc1ccc([C@@H]2CC(=O)N(c3ccccc3Cl)C3=C2C(=O)CC(C)(C)C3)c(OC)c1. The predicted octanol–water partition coefficient (Wildman–Crippen LogP) is 5.52. The Morgan fingerprint density at radius 1 is 1.03 bits per heavy atom. The van der Waals surface area contributed by atoms with Gasteiger partial charge in [-0.15, -0.1) is 0 Å². The molecule has 0 spiro atoms. The van der Waals surface area contributed by atoms with Crippen LogP contribution in [0.4, 0.5) is 5.69 Å². The fraction of sp³-hybridized carbons (Fsp3) is 0.360. The highest BCUT2D eigenvalue weighted by atomic mass is 35.5. The number of nitrogens with zero attached hydrogens (tertiary/aromatic N) is 1. The molecule has 4 rings (SSSR count). The number of benzene rings is 2. The van der Waals surface area contributed by atoms with Crippen molar-refractivity contribution in [3.63, 3.8) is 0 Å². The lowest BCUT2D eigenvalue weighted by Crippen LogP contribution is -2.43. The average Bonchev–Trinajstić information content (AvgIpc) is 2.72. The molecule has 31 heavy (non-hydrogen) atoms. The van der Waals surface area contributed by atoms with Crippen LogP contribution in [-0.4, -0.2) is 25.9 Å². The normalized spacial score (nSPS) is 20.5. The molecule has 0 fully saturated rings. The molecule has 1 heterocycles. The Hall–Kier alpha value is -2.79. The van der Waals surface area contributed by atoms with E-state index in [0.29, 0.717) is 40.6 Å². The summed E-state index contributed by atoms with van der Waals surface area (Å²) in [5.74, 6) is 0.878. The molecule has 2 aliphatic rings. The van der Waals surface area contributed by atoms with Crippen molar-refractivity contribution in [2.75, 3.05) is 19.1 Å². The van der Waals surface area contributed by atoms with Crippen molar-refractivity contribution in [2.45, 2.75) is 39.0 Å². The topological polar surface area (TPSA) is 55.8 Å². The number of ether oxygens (including phenoxy) is 2. The zero-order valence-corrected chi connectivity index (χ0v) is 19.0. The minimum atomic E-state index is -0.370. The van der Waals surface area contributed by atoms with E-state index in [1.807, 2.05) is 30.3 Å². The Morgan fingerprint density at radius 3 is 2.45 bits per heavy atom.